The molecule has 4 nitrogen and oxygen atoms in total. The van der Waals surface area contributed by atoms with E-state index in [0.717, 1.165) is 5.56 Å². The van der Waals surface area contributed by atoms with E-state index < -0.39 is 0 Å². The van der Waals surface area contributed by atoms with Crippen LogP contribution in [0.25, 0.3) is 0 Å². The SMILES string of the molecule is COc1cc(OC)cc(Oc2ccc(C)cc2C#N)c1. The van der Waals surface area contributed by atoms with Crippen LogP contribution in [0.2, 0.25) is 0 Å². The molecule has 0 atom stereocenters. The van der Waals surface area contributed by atoms with E-state index >= 15 is 0 Å². The third-order valence-electron chi connectivity index (χ3n) is 2.81. The van der Waals surface area contributed by atoms with Crippen LogP contribution in [0.1, 0.15) is 11.1 Å². The summed E-state index contributed by atoms with van der Waals surface area (Å²) >= 11 is 0. The van der Waals surface area contributed by atoms with Crippen molar-refractivity contribution in [3.05, 3.63) is 47.5 Å². The van der Waals surface area contributed by atoms with Gasteiger partial charge in [0.1, 0.15) is 29.1 Å². The fraction of sp³-hybridized carbons (Fsp3) is 0.188. The van der Waals surface area contributed by atoms with Gasteiger partial charge in [0.15, 0.2) is 0 Å². The van der Waals surface area contributed by atoms with Crippen LogP contribution in [0.3, 0.4) is 0 Å². The molecule has 0 aromatic heterocycles. The van der Waals surface area contributed by atoms with Crippen LogP contribution in [0.4, 0.5) is 0 Å². The molecule has 102 valence electrons. The Kier molecular flexibility index (Phi) is 4.11. The first-order valence-corrected chi connectivity index (χ1v) is 6.08. The predicted octanol–water partition coefficient (Wildman–Crippen LogP) is 3.68. The lowest BCUT2D eigenvalue weighted by atomic mass is 10.1. The van der Waals surface area contributed by atoms with E-state index in [0.29, 0.717) is 28.6 Å². The molecule has 0 aliphatic carbocycles. The second-order valence-corrected chi connectivity index (χ2v) is 4.26. The quantitative estimate of drug-likeness (QED) is 0.849. The zero-order valence-corrected chi connectivity index (χ0v) is 11.6. The third-order valence-corrected chi connectivity index (χ3v) is 2.81. The maximum atomic E-state index is 9.14. The highest BCUT2D eigenvalue weighted by Gasteiger charge is 2.08. The molecule has 0 radical (unpaired) electrons. The standard InChI is InChI=1S/C16H15NO3/c1-11-4-5-16(12(6-11)10-17)20-15-8-13(18-2)7-14(9-15)19-3/h4-9H,1-3H3. The lowest BCUT2D eigenvalue weighted by Gasteiger charge is -2.11. The average Bonchev–Trinajstić information content (AvgIpc) is 2.48. The molecular weight excluding hydrogens is 254 g/mol. The fourth-order valence-corrected chi connectivity index (χ4v) is 1.79. The fourth-order valence-electron chi connectivity index (χ4n) is 1.79. The first-order chi connectivity index (χ1) is 9.66. The van der Waals surface area contributed by atoms with Crippen molar-refractivity contribution in [2.75, 3.05) is 14.2 Å². The van der Waals surface area contributed by atoms with E-state index in [1.54, 1.807) is 44.6 Å². The maximum Gasteiger partial charge on any atom is 0.145 e. The second kappa shape index (κ2) is 5.98. The van der Waals surface area contributed by atoms with Gasteiger partial charge in [-0.3, -0.25) is 0 Å². The Hall–Kier alpha value is -2.67. The molecule has 0 spiro atoms. The summed E-state index contributed by atoms with van der Waals surface area (Å²) in [7, 11) is 3.15. The lowest BCUT2D eigenvalue weighted by Crippen LogP contribution is -1.92. The number of aryl methyl sites for hydroxylation is 1. The van der Waals surface area contributed by atoms with Gasteiger partial charge in [0.05, 0.1) is 19.8 Å². The van der Waals surface area contributed by atoms with E-state index in [9.17, 15) is 0 Å². The molecule has 20 heavy (non-hydrogen) atoms. The number of hydrogen-bond acceptors (Lipinski definition) is 4. The zero-order chi connectivity index (χ0) is 14.5. The van der Waals surface area contributed by atoms with Crippen molar-refractivity contribution in [2.24, 2.45) is 0 Å². The van der Waals surface area contributed by atoms with Crippen LogP contribution in [-0.2, 0) is 0 Å². The molecule has 0 amide bonds. The Morgan fingerprint density at radius 1 is 0.900 bits per heavy atom. The molecule has 2 aromatic rings. The highest BCUT2D eigenvalue weighted by Crippen LogP contribution is 2.32. The van der Waals surface area contributed by atoms with Crippen molar-refractivity contribution in [2.45, 2.75) is 6.92 Å². The van der Waals surface area contributed by atoms with E-state index in [-0.39, 0.29) is 0 Å². The molecule has 0 saturated heterocycles. The van der Waals surface area contributed by atoms with Gasteiger partial charge in [-0.15, -0.1) is 0 Å². The van der Waals surface area contributed by atoms with Crippen molar-refractivity contribution in [3.8, 4) is 29.1 Å². The largest absolute Gasteiger partial charge is 0.496 e. The van der Waals surface area contributed by atoms with Gasteiger partial charge in [-0.25, -0.2) is 0 Å². The molecule has 0 saturated carbocycles. The first-order valence-electron chi connectivity index (χ1n) is 6.08. The summed E-state index contributed by atoms with van der Waals surface area (Å²) in [5, 5.41) is 9.14. The van der Waals surface area contributed by atoms with Crippen LogP contribution in [0.5, 0.6) is 23.0 Å². The molecule has 0 N–H and O–H groups in total. The lowest BCUT2D eigenvalue weighted by molar-refractivity contribution is 0.386. The number of benzene rings is 2. The van der Waals surface area contributed by atoms with Crippen LogP contribution < -0.4 is 14.2 Å². The molecule has 0 heterocycles. The number of rotatable bonds is 4. The highest BCUT2D eigenvalue weighted by molar-refractivity contribution is 5.49. The van der Waals surface area contributed by atoms with Crippen molar-refractivity contribution in [3.63, 3.8) is 0 Å². The smallest absolute Gasteiger partial charge is 0.145 e. The number of nitrogens with zero attached hydrogens (tertiary/aromatic N) is 1. The number of nitriles is 1. The molecule has 0 fully saturated rings. The Labute approximate surface area is 118 Å². The van der Waals surface area contributed by atoms with Gasteiger partial charge in [0.25, 0.3) is 0 Å². The monoisotopic (exact) mass is 269 g/mol. The molecule has 0 bridgehead atoms. The van der Waals surface area contributed by atoms with Crippen molar-refractivity contribution < 1.29 is 14.2 Å². The molecule has 0 aliphatic rings. The topological polar surface area (TPSA) is 51.5 Å². The normalized spacial score (nSPS) is 9.70. The third kappa shape index (κ3) is 3.01. The van der Waals surface area contributed by atoms with E-state index in [1.807, 2.05) is 13.0 Å². The Morgan fingerprint density at radius 2 is 1.50 bits per heavy atom. The van der Waals surface area contributed by atoms with Crippen LogP contribution in [-0.4, -0.2) is 14.2 Å². The maximum absolute atomic E-state index is 9.14. The summed E-state index contributed by atoms with van der Waals surface area (Å²) in [6.07, 6.45) is 0. The summed E-state index contributed by atoms with van der Waals surface area (Å²) in [6, 6.07) is 12.8. The van der Waals surface area contributed by atoms with Gasteiger partial charge < -0.3 is 14.2 Å². The molecule has 0 unspecified atom stereocenters. The molecule has 4 heteroatoms. The minimum atomic E-state index is 0.492. The summed E-state index contributed by atoms with van der Waals surface area (Å²) in [5.74, 6) is 2.32. The van der Waals surface area contributed by atoms with Crippen LogP contribution in [0, 0.1) is 18.3 Å². The summed E-state index contributed by atoms with van der Waals surface area (Å²) in [6.45, 7) is 1.93. The molecule has 2 rings (SSSR count). The first kappa shape index (κ1) is 13.8. The predicted molar refractivity (Wildman–Crippen MR) is 75.5 cm³/mol. The van der Waals surface area contributed by atoms with Crippen molar-refractivity contribution in [1.82, 2.24) is 0 Å². The summed E-state index contributed by atoms with van der Waals surface area (Å²) in [4.78, 5) is 0. The number of hydrogen-bond donors (Lipinski definition) is 0. The minimum absolute atomic E-state index is 0.492. The van der Waals surface area contributed by atoms with Crippen molar-refractivity contribution >= 4 is 0 Å². The molecular formula is C16H15NO3. The van der Waals surface area contributed by atoms with Crippen LogP contribution >= 0.6 is 0 Å². The second-order valence-electron chi connectivity index (χ2n) is 4.26. The zero-order valence-electron chi connectivity index (χ0n) is 11.6. The summed E-state index contributed by atoms with van der Waals surface area (Å²) in [5.41, 5.74) is 1.50. The number of methoxy groups -OCH3 is 2. The van der Waals surface area contributed by atoms with E-state index in [2.05, 4.69) is 6.07 Å². The number of ether oxygens (including phenoxy) is 3. The molecule has 0 aliphatic heterocycles. The van der Waals surface area contributed by atoms with Gasteiger partial charge in [0, 0.05) is 18.2 Å². The van der Waals surface area contributed by atoms with Gasteiger partial charge in [-0.05, 0) is 24.6 Å². The van der Waals surface area contributed by atoms with Gasteiger partial charge in [-0.2, -0.15) is 5.26 Å². The van der Waals surface area contributed by atoms with Gasteiger partial charge in [0.2, 0.25) is 0 Å². The van der Waals surface area contributed by atoms with E-state index in [1.165, 1.54) is 0 Å². The Balaban J connectivity index is 2.37. The van der Waals surface area contributed by atoms with Gasteiger partial charge in [-0.1, -0.05) is 6.07 Å². The minimum Gasteiger partial charge on any atom is -0.496 e. The van der Waals surface area contributed by atoms with Crippen molar-refractivity contribution in [1.29, 1.82) is 5.26 Å². The van der Waals surface area contributed by atoms with E-state index in [4.69, 9.17) is 19.5 Å². The molecule has 2 aromatic carbocycles. The summed E-state index contributed by atoms with van der Waals surface area (Å²) < 4.78 is 16.1. The van der Waals surface area contributed by atoms with Gasteiger partial charge >= 0.3 is 0 Å². The average molecular weight is 269 g/mol. The highest BCUT2D eigenvalue weighted by atomic mass is 16.5. The van der Waals surface area contributed by atoms with Crippen LogP contribution in [0.15, 0.2) is 36.4 Å². The Morgan fingerprint density at radius 3 is 2.05 bits per heavy atom. The Bertz CT molecular complexity index is 637.